The fraction of sp³-hybridized carbons (Fsp3) is 0.273. The van der Waals surface area contributed by atoms with E-state index >= 15 is 0 Å². The third kappa shape index (κ3) is 2.37. The van der Waals surface area contributed by atoms with Crippen molar-refractivity contribution in [3.8, 4) is 11.8 Å². The Hall–Kier alpha value is -1.34. The lowest BCUT2D eigenvalue weighted by Gasteiger charge is -2.09. The van der Waals surface area contributed by atoms with Gasteiger partial charge in [0.1, 0.15) is 17.4 Å². The quantitative estimate of drug-likeness (QED) is 0.792. The summed E-state index contributed by atoms with van der Waals surface area (Å²) in [4.78, 5) is 11.4. The van der Waals surface area contributed by atoms with Crippen molar-refractivity contribution in [3.05, 3.63) is 27.7 Å². The van der Waals surface area contributed by atoms with Crippen LogP contribution in [0, 0.1) is 11.3 Å². The second-order valence-electron chi connectivity index (χ2n) is 2.90. The molecule has 78 valence electrons. The Morgan fingerprint density at radius 1 is 1.60 bits per heavy atom. The predicted octanol–water partition coefficient (Wildman–Crippen LogP) is 2.92. The number of nitriles is 1. The number of benzene rings is 1. The van der Waals surface area contributed by atoms with E-state index in [1.54, 1.807) is 12.1 Å². The Labute approximate surface area is 96.8 Å². The highest BCUT2D eigenvalue weighted by molar-refractivity contribution is 9.10. The van der Waals surface area contributed by atoms with Crippen molar-refractivity contribution in [1.29, 1.82) is 5.26 Å². The molecule has 0 aliphatic carbocycles. The van der Waals surface area contributed by atoms with Crippen LogP contribution in [0.5, 0.6) is 5.75 Å². The van der Waals surface area contributed by atoms with Crippen LogP contribution in [0.25, 0.3) is 0 Å². The average molecular weight is 268 g/mol. The first-order valence-electron chi connectivity index (χ1n) is 4.48. The number of halogens is 1. The standard InChI is InChI=1S/C11H10BrNO2/c1-3-15-10-5-4-9(12)11(7(2)14)8(10)6-13/h4-5H,3H2,1-2H3. The number of carbonyl (C=O) groups is 1. The van der Waals surface area contributed by atoms with E-state index in [0.29, 0.717) is 28.0 Å². The Kier molecular flexibility index (Phi) is 3.87. The van der Waals surface area contributed by atoms with Crippen molar-refractivity contribution >= 4 is 21.7 Å². The van der Waals surface area contributed by atoms with Crippen molar-refractivity contribution in [3.63, 3.8) is 0 Å². The summed E-state index contributed by atoms with van der Waals surface area (Å²) in [6.45, 7) is 3.72. The van der Waals surface area contributed by atoms with Gasteiger partial charge in [-0.1, -0.05) is 0 Å². The van der Waals surface area contributed by atoms with Gasteiger partial charge in [0.25, 0.3) is 0 Å². The van der Waals surface area contributed by atoms with Crippen LogP contribution in [0.3, 0.4) is 0 Å². The normalized spacial score (nSPS) is 9.47. The number of nitrogens with zero attached hydrogens (tertiary/aromatic N) is 1. The van der Waals surface area contributed by atoms with Gasteiger partial charge < -0.3 is 4.74 Å². The first-order valence-corrected chi connectivity index (χ1v) is 5.27. The average Bonchev–Trinajstić information content (AvgIpc) is 2.19. The highest BCUT2D eigenvalue weighted by atomic mass is 79.9. The van der Waals surface area contributed by atoms with E-state index in [0.717, 1.165) is 0 Å². The number of hydrogen-bond acceptors (Lipinski definition) is 3. The van der Waals surface area contributed by atoms with Gasteiger partial charge in [0.2, 0.25) is 0 Å². The number of ketones is 1. The zero-order valence-corrected chi connectivity index (χ0v) is 10.1. The third-order valence-electron chi connectivity index (χ3n) is 1.88. The molecule has 0 atom stereocenters. The summed E-state index contributed by atoms with van der Waals surface area (Å²) >= 11 is 3.25. The van der Waals surface area contributed by atoms with E-state index in [1.165, 1.54) is 6.92 Å². The Balaban J connectivity index is 3.42. The molecule has 0 aromatic heterocycles. The highest BCUT2D eigenvalue weighted by Gasteiger charge is 2.16. The Bertz CT molecular complexity index is 435. The third-order valence-corrected chi connectivity index (χ3v) is 2.54. The van der Waals surface area contributed by atoms with Crippen LogP contribution in [-0.4, -0.2) is 12.4 Å². The van der Waals surface area contributed by atoms with Gasteiger partial charge in [-0.25, -0.2) is 0 Å². The van der Waals surface area contributed by atoms with Gasteiger partial charge in [-0.2, -0.15) is 5.26 Å². The molecule has 3 nitrogen and oxygen atoms in total. The van der Waals surface area contributed by atoms with Crippen LogP contribution in [-0.2, 0) is 0 Å². The summed E-state index contributed by atoms with van der Waals surface area (Å²) in [6, 6.07) is 5.39. The van der Waals surface area contributed by atoms with Crippen molar-refractivity contribution < 1.29 is 9.53 Å². The number of ether oxygens (including phenoxy) is 1. The van der Waals surface area contributed by atoms with Crippen molar-refractivity contribution in [2.45, 2.75) is 13.8 Å². The van der Waals surface area contributed by atoms with Crippen LogP contribution in [0.15, 0.2) is 16.6 Å². The summed E-state index contributed by atoms with van der Waals surface area (Å²) in [5, 5.41) is 9.00. The van der Waals surface area contributed by atoms with Crippen LogP contribution in [0.4, 0.5) is 0 Å². The SMILES string of the molecule is CCOc1ccc(Br)c(C(C)=O)c1C#N. The molecule has 4 heteroatoms. The van der Waals surface area contributed by atoms with Crippen LogP contribution < -0.4 is 4.74 Å². The molecule has 0 aliphatic heterocycles. The Morgan fingerprint density at radius 2 is 2.27 bits per heavy atom. The maximum Gasteiger partial charge on any atom is 0.162 e. The van der Waals surface area contributed by atoms with E-state index < -0.39 is 0 Å². The fourth-order valence-electron chi connectivity index (χ4n) is 1.29. The van der Waals surface area contributed by atoms with Gasteiger partial charge in [-0.15, -0.1) is 0 Å². The van der Waals surface area contributed by atoms with E-state index in [9.17, 15) is 4.79 Å². The van der Waals surface area contributed by atoms with Crippen LogP contribution >= 0.6 is 15.9 Å². The largest absolute Gasteiger partial charge is 0.492 e. The summed E-state index contributed by atoms with van der Waals surface area (Å²) < 4.78 is 5.90. The minimum absolute atomic E-state index is 0.153. The molecule has 0 saturated heterocycles. The van der Waals surface area contributed by atoms with Gasteiger partial charge in [-0.3, -0.25) is 4.79 Å². The minimum atomic E-state index is -0.153. The fourth-order valence-corrected chi connectivity index (χ4v) is 1.90. The first kappa shape index (κ1) is 11.7. The molecule has 0 saturated carbocycles. The zero-order chi connectivity index (χ0) is 11.4. The smallest absolute Gasteiger partial charge is 0.162 e. The number of hydrogen-bond donors (Lipinski definition) is 0. The van der Waals surface area contributed by atoms with E-state index in [2.05, 4.69) is 15.9 Å². The summed E-state index contributed by atoms with van der Waals surface area (Å²) in [7, 11) is 0. The molecular weight excluding hydrogens is 258 g/mol. The lowest BCUT2D eigenvalue weighted by atomic mass is 10.0. The molecule has 1 rings (SSSR count). The van der Waals surface area contributed by atoms with Gasteiger partial charge >= 0.3 is 0 Å². The second-order valence-corrected chi connectivity index (χ2v) is 3.75. The van der Waals surface area contributed by atoms with Crippen molar-refractivity contribution in [2.24, 2.45) is 0 Å². The molecule has 0 N–H and O–H groups in total. The van der Waals surface area contributed by atoms with E-state index in [1.807, 2.05) is 13.0 Å². The molecule has 0 unspecified atom stereocenters. The molecule has 0 bridgehead atoms. The lowest BCUT2D eigenvalue weighted by Crippen LogP contribution is -2.02. The molecule has 0 amide bonds. The first-order chi connectivity index (χ1) is 7.11. The van der Waals surface area contributed by atoms with Gasteiger partial charge in [0.15, 0.2) is 5.78 Å². The molecule has 0 spiro atoms. The minimum Gasteiger partial charge on any atom is -0.492 e. The molecule has 15 heavy (non-hydrogen) atoms. The topological polar surface area (TPSA) is 50.1 Å². The molecule has 0 fully saturated rings. The maximum absolute atomic E-state index is 11.4. The predicted molar refractivity (Wildman–Crippen MR) is 60.0 cm³/mol. The molecule has 0 heterocycles. The zero-order valence-electron chi connectivity index (χ0n) is 8.50. The van der Waals surface area contributed by atoms with Crippen LogP contribution in [0.2, 0.25) is 0 Å². The van der Waals surface area contributed by atoms with E-state index in [-0.39, 0.29) is 5.78 Å². The molecule has 1 aromatic rings. The molecular formula is C11H10BrNO2. The lowest BCUT2D eigenvalue weighted by molar-refractivity contribution is 0.101. The van der Waals surface area contributed by atoms with Crippen molar-refractivity contribution in [2.75, 3.05) is 6.61 Å². The summed E-state index contributed by atoms with van der Waals surface area (Å²) in [5.41, 5.74) is 0.669. The summed E-state index contributed by atoms with van der Waals surface area (Å²) in [6.07, 6.45) is 0. The van der Waals surface area contributed by atoms with Crippen molar-refractivity contribution in [1.82, 2.24) is 0 Å². The monoisotopic (exact) mass is 267 g/mol. The molecule has 0 aliphatic rings. The maximum atomic E-state index is 11.4. The Morgan fingerprint density at radius 3 is 2.73 bits per heavy atom. The number of rotatable bonds is 3. The summed E-state index contributed by atoms with van der Waals surface area (Å²) in [5.74, 6) is 0.299. The number of carbonyl (C=O) groups excluding carboxylic acids is 1. The molecule has 1 aromatic carbocycles. The van der Waals surface area contributed by atoms with Gasteiger partial charge in [-0.05, 0) is 41.9 Å². The number of Topliss-reactive ketones (excluding diaryl/α,β-unsaturated/α-hetero) is 1. The van der Waals surface area contributed by atoms with Crippen LogP contribution in [0.1, 0.15) is 29.8 Å². The second kappa shape index (κ2) is 4.94. The van der Waals surface area contributed by atoms with Gasteiger partial charge in [0, 0.05) is 4.47 Å². The molecule has 0 radical (unpaired) electrons. The van der Waals surface area contributed by atoms with Gasteiger partial charge in [0.05, 0.1) is 12.2 Å². The van der Waals surface area contributed by atoms with E-state index in [4.69, 9.17) is 10.00 Å². The highest BCUT2D eigenvalue weighted by Crippen LogP contribution is 2.28.